The molecular weight excluding hydrogens is 459 g/mol. The smallest absolute Gasteiger partial charge is 0.340 e. The summed E-state index contributed by atoms with van der Waals surface area (Å²) in [5, 5.41) is 1.16. The number of rotatable bonds is 4. The number of nitrogens with zero attached hydrogens (tertiary/aromatic N) is 2. The van der Waals surface area contributed by atoms with Crippen LogP contribution in [0.25, 0.3) is 11.8 Å². The number of aryl methyl sites for hydroxylation is 1. The van der Waals surface area contributed by atoms with E-state index in [4.69, 9.17) is 27.9 Å². The van der Waals surface area contributed by atoms with E-state index in [1.54, 1.807) is 18.2 Å². The maximum Gasteiger partial charge on any atom is 0.340 e. The maximum absolute atomic E-state index is 13.6. The first-order valence-corrected chi connectivity index (χ1v) is 12.0. The Hall–Kier alpha value is -2.50. The van der Waals surface area contributed by atoms with Gasteiger partial charge in [0.1, 0.15) is 0 Å². The molecule has 1 aliphatic heterocycles. The van der Waals surface area contributed by atoms with Gasteiger partial charge < -0.3 is 14.2 Å². The lowest BCUT2D eigenvalue weighted by Gasteiger charge is -2.32. The third kappa shape index (κ3) is 4.24. The van der Waals surface area contributed by atoms with Crippen molar-refractivity contribution in [3.8, 4) is 5.69 Å². The molecule has 0 saturated heterocycles. The number of allylic oxidation sites excluding steroid dienone is 1. The van der Waals surface area contributed by atoms with Gasteiger partial charge in [0.25, 0.3) is 5.91 Å². The Labute approximate surface area is 204 Å². The highest BCUT2D eigenvalue weighted by Crippen LogP contribution is 2.38. The van der Waals surface area contributed by atoms with E-state index in [0.717, 1.165) is 48.3 Å². The topological polar surface area (TPSA) is 51.5 Å². The molecule has 0 radical (unpaired) electrons. The molecule has 1 amide bonds. The fourth-order valence-corrected chi connectivity index (χ4v) is 5.46. The molecule has 2 aromatic rings. The van der Waals surface area contributed by atoms with Gasteiger partial charge in [0.05, 0.1) is 29.0 Å². The molecule has 0 spiro atoms. The van der Waals surface area contributed by atoms with E-state index in [-0.39, 0.29) is 11.9 Å². The van der Waals surface area contributed by atoms with Crippen LogP contribution in [-0.4, -0.2) is 34.5 Å². The molecular formula is C26H28Cl2N2O3. The molecule has 2 heterocycles. The number of hydrogen-bond donors (Lipinski definition) is 0. The zero-order valence-corrected chi connectivity index (χ0v) is 20.9. The van der Waals surface area contributed by atoms with Crippen molar-refractivity contribution in [2.45, 2.75) is 58.9 Å². The molecule has 1 fully saturated rings. The summed E-state index contributed by atoms with van der Waals surface area (Å²) in [6.45, 7) is 5.78. The van der Waals surface area contributed by atoms with Crippen molar-refractivity contribution in [3.63, 3.8) is 0 Å². The molecule has 1 aromatic carbocycles. The number of esters is 1. The predicted molar refractivity (Wildman–Crippen MR) is 132 cm³/mol. The highest BCUT2D eigenvalue weighted by Gasteiger charge is 2.40. The van der Waals surface area contributed by atoms with Crippen LogP contribution in [0.4, 0.5) is 0 Å². The Morgan fingerprint density at radius 2 is 1.79 bits per heavy atom. The summed E-state index contributed by atoms with van der Waals surface area (Å²) in [5.74, 6) is -0.623. The normalized spacial score (nSPS) is 18.5. The lowest BCUT2D eigenvalue weighted by Crippen LogP contribution is -2.37. The molecule has 0 atom stereocenters. The molecule has 1 aliphatic carbocycles. The molecule has 7 heteroatoms. The Morgan fingerprint density at radius 3 is 2.45 bits per heavy atom. The summed E-state index contributed by atoms with van der Waals surface area (Å²) in [6, 6.07) is 7.43. The lowest BCUT2D eigenvalue weighted by atomic mass is 9.94. The molecule has 174 valence electrons. The van der Waals surface area contributed by atoms with Crippen molar-refractivity contribution in [1.29, 1.82) is 0 Å². The highest BCUT2D eigenvalue weighted by molar-refractivity contribution is 6.34. The van der Waals surface area contributed by atoms with Gasteiger partial charge in [-0.05, 0) is 69.5 Å². The monoisotopic (exact) mass is 486 g/mol. The molecule has 5 nitrogen and oxygen atoms in total. The van der Waals surface area contributed by atoms with Gasteiger partial charge in [-0.1, -0.05) is 42.5 Å². The number of benzene rings is 1. The minimum absolute atomic E-state index is 0.120. The zero-order chi connectivity index (χ0) is 23.9. The van der Waals surface area contributed by atoms with Crippen LogP contribution in [0.5, 0.6) is 0 Å². The molecule has 4 rings (SSSR count). The lowest BCUT2D eigenvalue weighted by molar-refractivity contribution is -0.136. The second kappa shape index (κ2) is 9.40. The van der Waals surface area contributed by atoms with Gasteiger partial charge in [0.2, 0.25) is 0 Å². The predicted octanol–water partition coefficient (Wildman–Crippen LogP) is 6.41. The summed E-state index contributed by atoms with van der Waals surface area (Å²) in [6.07, 6.45) is 7.08. The van der Waals surface area contributed by atoms with Crippen LogP contribution < -0.4 is 0 Å². The maximum atomic E-state index is 13.6. The summed E-state index contributed by atoms with van der Waals surface area (Å²) in [5.41, 5.74) is 4.85. The van der Waals surface area contributed by atoms with Crippen LogP contribution in [0.1, 0.15) is 56.0 Å². The van der Waals surface area contributed by atoms with E-state index in [2.05, 4.69) is 0 Å². The molecule has 1 aromatic heterocycles. The number of hydrogen-bond acceptors (Lipinski definition) is 3. The van der Waals surface area contributed by atoms with Gasteiger partial charge in [-0.15, -0.1) is 0 Å². The van der Waals surface area contributed by atoms with E-state index < -0.39 is 5.97 Å². The minimum Gasteiger partial charge on any atom is -0.465 e. The number of amides is 1. The van der Waals surface area contributed by atoms with E-state index in [1.165, 1.54) is 13.5 Å². The molecule has 0 unspecified atom stereocenters. The second-order valence-electron chi connectivity index (χ2n) is 8.73. The van der Waals surface area contributed by atoms with E-state index in [9.17, 15) is 9.59 Å². The SMILES string of the molecule is COC(=O)C1=C(C)N(C2CCCCC2)C(=O)/C1=C\c1cc(C)n(-c2cc(Cl)ccc2Cl)c1C. The van der Waals surface area contributed by atoms with Gasteiger partial charge in [0.15, 0.2) is 0 Å². The number of aromatic nitrogens is 1. The molecule has 2 aliphatic rings. The first kappa shape index (κ1) is 23.7. The third-order valence-corrected chi connectivity index (χ3v) is 7.24. The van der Waals surface area contributed by atoms with Crippen molar-refractivity contribution >= 4 is 41.2 Å². The summed E-state index contributed by atoms with van der Waals surface area (Å²) < 4.78 is 7.07. The van der Waals surface area contributed by atoms with Gasteiger partial charge in [-0.2, -0.15) is 0 Å². The van der Waals surface area contributed by atoms with Crippen LogP contribution in [0.3, 0.4) is 0 Å². The average Bonchev–Trinajstić information content (AvgIpc) is 3.21. The van der Waals surface area contributed by atoms with Crippen molar-refractivity contribution < 1.29 is 14.3 Å². The fraction of sp³-hybridized carbons (Fsp3) is 0.385. The molecule has 33 heavy (non-hydrogen) atoms. The first-order valence-electron chi connectivity index (χ1n) is 11.2. The minimum atomic E-state index is -0.489. The molecule has 1 saturated carbocycles. The van der Waals surface area contributed by atoms with Gasteiger partial charge in [-0.25, -0.2) is 4.79 Å². The van der Waals surface area contributed by atoms with Crippen LogP contribution in [0.2, 0.25) is 10.0 Å². The highest BCUT2D eigenvalue weighted by atomic mass is 35.5. The van der Waals surface area contributed by atoms with Crippen molar-refractivity contribution in [1.82, 2.24) is 9.47 Å². The van der Waals surface area contributed by atoms with Crippen LogP contribution >= 0.6 is 23.2 Å². The Kier molecular flexibility index (Phi) is 6.73. The average molecular weight is 487 g/mol. The number of carbonyl (C=O) groups excluding carboxylic acids is 2. The van der Waals surface area contributed by atoms with Crippen molar-refractivity contribution in [2.75, 3.05) is 7.11 Å². The first-order chi connectivity index (χ1) is 15.7. The Morgan fingerprint density at radius 1 is 1.09 bits per heavy atom. The van der Waals surface area contributed by atoms with Crippen LogP contribution in [0, 0.1) is 13.8 Å². The molecule has 0 N–H and O–H groups in total. The Bertz CT molecular complexity index is 1190. The van der Waals surface area contributed by atoms with Gasteiger partial charge >= 0.3 is 5.97 Å². The zero-order valence-electron chi connectivity index (χ0n) is 19.4. The fourth-order valence-electron chi connectivity index (χ4n) is 5.09. The standard InChI is InChI=1S/C26H28Cl2N2O3/c1-15-12-18(16(2)29(15)23-14-19(27)10-11-22(23)28)13-21-24(26(32)33-4)17(3)30(25(21)31)20-8-6-5-7-9-20/h10-14,20H,5-9H2,1-4H3/b21-13-. The number of methoxy groups -OCH3 is 1. The van der Waals surface area contributed by atoms with Gasteiger partial charge in [-0.3, -0.25) is 4.79 Å². The summed E-state index contributed by atoms with van der Waals surface area (Å²) in [7, 11) is 1.35. The van der Waals surface area contributed by atoms with E-state index >= 15 is 0 Å². The van der Waals surface area contributed by atoms with E-state index in [1.807, 2.05) is 42.4 Å². The quantitative estimate of drug-likeness (QED) is 0.370. The van der Waals surface area contributed by atoms with Crippen molar-refractivity contribution in [2.24, 2.45) is 0 Å². The van der Waals surface area contributed by atoms with Gasteiger partial charge in [0, 0.05) is 28.1 Å². The number of halogens is 2. The Balaban J connectivity index is 1.81. The van der Waals surface area contributed by atoms with Crippen LogP contribution in [-0.2, 0) is 14.3 Å². The summed E-state index contributed by atoms with van der Waals surface area (Å²) in [4.78, 5) is 28.1. The molecule has 0 bridgehead atoms. The number of ether oxygens (including phenoxy) is 1. The van der Waals surface area contributed by atoms with E-state index in [0.29, 0.717) is 26.9 Å². The van der Waals surface area contributed by atoms with Crippen LogP contribution in [0.15, 0.2) is 41.1 Å². The largest absolute Gasteiger partial charge is 0.465 e. The third-order valence-electron chi connectivity index (χ3n) is 6.69. The van der Waals surface area contributed by atoms with Crippen molar-refractivity contribution in [3.05, 3.63) is 68.1 Å². The summed E-state index contributed by atoms with van der Waals surface area (Å²) >= 11 is 12.7. The number of carbonyl (C=O) groups is 2. The second-order valence-corrected chi connectivity index (χ2v) is 9.58.